The van der Waals surface area contributed by atoms with Crippen molar-refractivity contribution < 1.29 is 0 Å². The zero-order chi connectivity index (χ0) is 12.7. The fourth-order valence-corrected chi connectivity index (χ4v) is 2.86. The van der Waals surface area contributed by atoms with Crippen molar-refractivity contribution in [2.75, 3.05) is 5.73 Å². The molecule has 0 saturated carbocycles. The maximum atomic E-state index is 6.02. The summed E-state index contributed by atoms with van der Waals surface area (Å²) < 4.78 is 2.04. The number of thiazole rings is 1. The summed E-state index contributed by atoms with van der Waals surface area (Å²) in [5.74, 6) is 0.562. The lowest BCUT2D eigenvalue weighted by molar-refractivity contribution is 0.843. The number of hydrogen-bond donors (Lipinski definition) is 1. The number of hydrogen-bond acceptors (Lipinski definition) is 4. The van der Waals surface area contributed by atoms with Gasteiger partial charge in [-0.3, -0.25) is 0 Å². The van der Waals surface area contributed by atoms with Crippen molar-refractivity contribution in [3.8, 4) is 0 Å². The van der Waals surface area contributed by atoms with Crippen LogP contribution in [0.3, 0.4) is 0 Å². The van der Waals surface area contributed by atoms with E-state index in [2.05, 4.69) is 29.0 Å². The van der Waals surface area contributed by atoms with Gasteiger partial charge in [0.1, 0.15) is 0 Å². The smallest absolute Gasteiger partial charge is 0.201 e. The van der Waals surface area contributed by atoms with Crippen molar-refractivity contribution in [2.24, 2.45) is 0 Å². The molecule has 0 aliphatic carbocycles. The molecule has 0 amide bonds. The predicted molar refractivity (Wildman–Crippen MR) is 74.8 cm³/mol. The van der Waals surface area contributed by atoms with Crippen LogP contribution in [-0.2, 0) is 6.54 Å². The first kappa shape index (κ1) is 11.2. The molecule has 18 heavy (non-hydrogen) atoms. The van der Waals surface area contributed by atoms with Gasteiger partial charge in [0.25, 0.3) is 0 Å². The Balaban J connectivity index is 2.15. The molecule has 2 heterocycles. The first-order valence-electron chi connectivity index (χ1n) is 5.77. The van der Waals surface area contributed by atoms with Gasteiger partial charge in [-0.1, -0.05) is 12.1 Å². The molecule has 0 aliphatic heterocycles. The van der Waals surface area contributed by atoms with Gasteiger partial charge in [0.2, 0.25) is 5.95 Å². The van der Waals surface area contributed by atoms with E-state index in [1.54, 1.807) is 11.3 Å². The summed E-state index contributed by atoms with van der Waals surface area (Å²) in [6, 6.07) is 6.15. The van der Waals surface area contributed by atoms with Crippen LogP contribution in [0.1, 0.15) is 16.1 Å². The summed E-state index contributed by atoms with van der Waals surface area (Å²) in [5, 5.41) is 0. The molecule has 0 unspecified atom stereocenters. The summed E-state index contributed by atoms with van der Waals surface area (Å²) in [4.78, 5) is 9.94. The second-order valence-electron chi connectivity index (χ2n) is 4.36. The van der Waals surface area contributed by atoms with Gasteiger partial charge in [0.15, 0.2) is 0 Å². The fraction of sp³-hybridized carbons (Fsp3) is 0.231. The lowest BCUT2D eigenvalue weighted by Crippen LogP contribution is -2.04. The number of nitrogens with two attached hydrogens (primary N) is 1. The van der Waals surface area contributed by atoms with Gasteiger partial charge in [-0.25, -0.2) is 9.97 Å². The van der Waals surface area contributed by atoms with Crippen LogP contribution in [-0.4, -0.2) is 14.5 Å². The summed E-state index contributed by atoms with van der Waals surface area (Å²) in [7, 11) is 0. The van der Waals surface area contributed by atoms with E-state index in [0.29, 0.717) is 5.95 Å². The van der Waals surface area contributed by atoms with Crippen LogP contribution in [0.25, 0.3) is 11.0 Å². The summed E-state index contributed by atoms with van der Waals surface area (Å²) in [6.07, 6.45) is 0. The van der Waals surface area contributed by atoms with Crippen molar-refractivity contribution in [2.45, 2.75) is 20.4 Å². The molecule has 0 aliphatic rings. The molecule has 2 aromatic heterocycles. The Morgan fingerprint density at radius 2 is 2.17 bits per heavy atom. The zero-order valence-corrected chi connectivity index (χ0v) is 11.2. The van der Waals surface area contributed by atoms with Crippen LogP contribution in [0.2, 0.25) is 0 Å². The van der Waals surface area contributed by atoms with Crippen LogP contribution in [0.15, 0.2) is 23.7 Å². The summed E-state index contributed by atoms with van der Waals surface area (Å²) >= 11 is 1.65. The molecule has 92 valence electrons. The monoisotopic (exact) mass is 258 g/mol. The van der Waals surface area contributed by atoms with E-state index < -0.39 is 0 Å². The Kier molecular flexibility index (Phi) is 2.56. The van der Waals surface area contributed by atoms with Gasteiger partial charge in [0, 0.05) is 4.88 Å². The number of imidazole rings is 1. The highest BCUT2D eigenvalue weighted by Gasteiger charge is 2.11. The van der Waals surface area contributed by atoms with Gasteiger partial charge in [-0.15, -0.1) is 11.3 Å². The summed E-state index contributed by atoms with van der Waals surface area (Å²) in [6.45, 7) is 4.81. The van der Waals surface area contributed by atoms with E-state index >= 15 is 0 Å². The molecule has 0 saturated heterocycles. The van der Waals surface area contributed by atoms with Crippen LogP contribution >= 0.6 is 11.3 Å². The number of nitrogens with zero attached hydrogens (tertiary/aromatic N) is 3. The maximum Gasteiger partial charge on any atom is 0.201 e. The first-order valence-corrected chi connectivity index (χ1v) is 6.65. The Bertz CT molecular complexity index is 711. The quantitative estimate of drug-likeness (QED) is 0.769. The molecule has 3 aromatic rings. The third-order valence-electron chi connectivity index (χ3n) is 3.16. The van der Waals surface area contributed by atoms with E-state index in [0.717, 1.165) is 28.8 Å². The maximum absolute atomic E-state index is 6.02. The Hall–Kier alpha value is -1.88. The molecule has 0 radical (unpaired) electrons. The highest BCUT2D eigenvalue weighted by molar-refractivity contribution is 7.09. The molecular weight excluding hydrogens is 244 g/mol. The molecule has 4 nitrogen and oxygen atoms in total. The number of anilines is 1. The van der Waals surface area contributed by atoms with Crippen molar-refractivity contribution in [1.29, 1.82) is 0 Å². The van der Waals surface area contributed by atoms with Crippen molar-refractivity contribution in [3.05, 3.63) is 39.8 Å². The van der Waals surface area contributed by atoms with Crippen LogP contribution in [0.5, 0.6) is 0 Å². The number of aromatic nitrogens is 3. The molecule has 5 heteroatoms. The molecule has 0 bridgehead atoms. The molecule has 1 aromatic carbocycles. The van der Waals surface area contributed by atoms with Gasteiger partial charge >= 0.3 is 0 Å². The normalized spacial score (nSPS) is 11.2. The predicted octanol–water partition coefficient (Wildman–Crippen LogP) is 2.74. The molecule has 0 spiro atoms. The fourth-order valence-electron chi connectivity index (χ4n) is 2.09. The SMILES string of the molecule is Cc1ncsc1Cn1c(N)nc2c(C)cccc21. The number of aryl methyl sites for hydroxylation is 2. The standard InChI is InChI=1S/C13H14N4S/c1-8-4-3-5-10-12(8)16-13(14)17(10)6-11-9(2)15-7-18-11/h3-5,7H,6H2,1-2H3,(H2,14,16). The van der Waals surface area contributed by atoms with Gasteiger partial charge in [-0.2, -0.15) is 0 Å². The van der Waals surface area contributed by atoms with Gasteiger partial charge in [0.05, 0.1) is 28.8 Å². The molecule has 0 fully saturated rings. The minimum absolute atomic E-state index is 0.562. The van der Waals surface area contributed by atoms with Crippen LogP contribution < -0.4 is 5.73 Å². The Morgan fingerprint density at radius 3 is 2.89 bits per heavy atom. The minimum atomic E-state index is 0.562. The Labute approximate surface area is 109 Å². The van der Waals surface area contributed by atoms with Crippen LogP contribution in [0, 0.1) is 13.8 Å². The lowest BCUT2D eigenvalue weighted by atomic mass is 10.2. The second kappa shape index (κ2) is 4.10. The molecule has 3 rings (SSSR count). The zero-order valence-electron chi connectivity index (χ0n) is 10.3. The molecule has 0 atom stereocenters. The van der Waals surface area contributed by atoms with E-state index in [1.807, 2.05) is 23.1 Å². The first-order chi connectivity index (χ1) is 8.66. The number of nitrogen functional groups attached to an aromatic ring is 1. The number of benzene rings is 1. The van der Waals surface area contributed by atoms with Gasteiger partial charge < -0.3 is 10.3 Å². The average molecular weight is 258 g/mol. The largest absolute Gasteiger partial charge is 0.369 e. The van der Waals surface area contributed by atoms with Crippen molar-refractivity contribution in [3.63, 3.8) is 0 Å². The van der Waals surface area contributed by atoms with Crippen LogP contribution in [0.4, 0.5) is 5.95 Å². The molecular formula is C13H14N4S. The lowest BCUT2D eigenvalue weighted by Gasteiger charge is -2.05. The second-order valence-corrected chi connectivity index (χ2v) is 5.30. The third kappa shape index (κ3) is 1.67. The number of para-hydroxylation sites is 1. The number of rotatable bonds is 2. The van der Waals surface area contributed by atoms with E-state index in [4.69, 9.17) is 5.73 Å². The van der Waals surface area contributed by atoms with E-state index in [9.17, 15) is 0 Å². The van der Waals surface area contributed by atoms with E-state index in [1.165, 1.54) is 4.88 Å². The van der Waals surface area contributed by atoms with Crippen molar-refractivity contribution in [1.82, 2.24) is 14.5 Å². The molecule has 2 N–H and O–H groups in total. The average Bonchev–Trinajstić information content (AvgIpc) is 2.87. The minimum Gasteiger partial charge on any atom is -0.369 e. The summed E-state index contributed by atoms with van der Waals surface area (Å²) in [5.41, 5.74) is 12.2. The number of fused-ring (bicyclic) bond motifs is 1. The van der Waals surface area contributed by atoms with Gasteiger partial charge in [-0.05, 0) is 25.5 Å². The third-order valence-corrected chi connectivity index (χ3v) is 4.08. The van der Waals surface area contributed by atoms with E-state index in [-0.39, 0.29) is 0 Å². The highest BCUT2D eigenvalue weighted by Crippen LogP contribution is 2.24. The van der Waals surface area contributed by atoms with Crippen molar-refractivity contribution >= 4 is 28.3 Å². The highest BCUT2D eigenvalue weighted by atomic mass is 32.1. The Morgan fingerprint density at radius 1 is 1.33 bits per heavy atom. The topological polar surface area (TPSA) is 56.7 Å².